The summed E-state index contributed by atoms with van der Waals surface area (Å²) in [6, 6.07) is 4.74. The van der Waals surface area contributed by atoms with Gasteiger partial charge in [-0.05, 0) is 24.1 Å². The summed E-state index contributed by atoms with van der Waals surface area (Å²) in [6.45, 7) is 7.30. The minimum atomic E-state index is -0.248. The second-order valence-electron chi connectivity index (χ2n) is 5.27. The van der Waals surface area contributed by atoms with Crippen LogP contribution >= 0.6 is 0 Å². The minimum Gasteiger partial charge on any atom is -0.352 e. The van der Waals surface area contributed by atoms with Crippen LogP contribution < -0.4 is 16.0 Å². The smallest absolute Gasteiger partial charge is 0.251 e. The molecule has 0 saturated carbocycles. The van der Waals surface area contributed by atoms with E-state index in [0.717, 1.165) is 0 Å². The van der Waals surface area contributed by atoms with Crippen LogP contribution in [0.4, 0.5) is 11.4 Å². The van der Waals surface area contributed by atoms with Gasteiger partial charge in [0.05, 0.1) is 0 Å². The Morgan fingerprint density at radius 3 is 1.81 bits per heavy atom. The fourth-order valence-electron chi connectivity index (χ4n) is 1.71. The maximum atomic E-state index is 12.1. The van der Waals surface area contributed by atoms with Crippen molar-refractivity contribution in [3.8, 4) is 0 Å². The lowest BCUT2D eigenvalue weighted by Gasteiger charge is -2.12. The average Bonchev–Trinajstić information content (AvgIpc) is 2.33. The summed E-state index contributed by atoms with van der Waals surface area (Å²) in [4.78, 5) is 34.4. The standard InChI is InChI=1S/C15H21N3O3/c1-9(2)8-16-15(21)12-5-13(17-10(3)19)7-14(6-12)18-11(4)20/h5-7,9H,8H2,1-4H3,(H,16,21)(H,17,19)(H,18,20). The highest BCUT2D eigenvalue weighted by atomic mass is 16.2. The Kier molecular flexibility index (Phi) is 5.90. The van der Waals surface area contributed by atoms with Gasteiger partial charge in [-0.2, -0.15) is 0 Å². The van der Waals surface area contributed by atoms with Gasteiger partial charge in [-0.1, -0.05) is 13.8 Å². The number of carbonyl (C=O) groups excluding carboxylic acids is 3. The van der Waals surface area contributed by atoms with Crippen LogP contribution in [0.15, 0.2) is 18.2 Å². The van der Waals surface area contributed by atoms with Gasteiger partial charge < -0.3 is 16.0 Å². The molecule has 0 spiro atoms. The third-order valence-corrected chi connectivity index (χ3v) is 2.51. The minimum absolute atomic E-state index is 0.247. The number of amides is 3. The van der Waals surface area contributed by atoms with Gasteiger partial charge in [0.15, 0.2) is 0 Å². The highest BCUT2D eigenvalue weighted by molar-refractivity contribution is 5.99. The van der Waals surface area contributed by atoms with E-state index >= 15 is 0 Å². The molecule has 1 aromatic rings. The number of benzene rings is 1. The summed E-state index contributed by atoms with van der Waals surface area (Å²) in [5.41, 5.74) is 1.30. The van der Waals surface area contributed by atoms with Gasteiger partial charge in [0, 0.05) is 37.3 Å². The maximum Gasteiger partial charge on any atom is 0.251 e. The molecule has 0 saturated heterocycles. The molecule has 0 aliphatic carbocycles. The molecular weight excluding hydrogens is 270 g/mol. The predicted molar refractivity (Wildman–Crippen MR) is 82.2 cm³/mol. The number of rotatable bonds is 5. The summed E-state index contributed by atoms with van der Waals surface area (Å²) in [7, 11) is 0. The molecule has 0 atom stereocenters. The first-order valence-corrected chi connectivity index (χ1v) is 6.76. The SMILES string of the molecule is CC(=O)Nc1cc(NC(C)=O)cc(C(=O)NCC(C)C)c1. The van der Waals surface area contributed by atoms with Gasteiger partial charge in [-0.3, -0.25) is 14.4 Å². The fourth-order valence-corrected chi connectivity index (χ4v) is 1.71. The molecule has 6 heteroatoms. The van der Waals surface area contributed by atoms with E-state index in [9.17, 15) is 14.4 Å². The van der Waals surface area contributed by atoms with Crippen LogP contribution in [0.5, 0.6) is 0 Å². The first-order valence-electron chi connectivity index (χ1n) is 6.76. The third-order valence-electron chi connectivity index (χ3n) is 2.51. The van der Waals surface area contributed by atoms with E-state index in [2.05, 4.69) is 16.0 Å². The maximum absolute atomic E-state index is 12.1. The van der Waals surface area contributed by atoms with Crippen molar-refractivity contribution in [1.29, 1.82) is 0 Å². The predicted octanol–water partition coefficient (Wildman–Crippen LogP) is 1.99. The average molecular weight is 291 g/mol. The molecule has 0 radical (unpaired) electrons. The van der Waals surface area contributed by atoms with Gasteiger partial charge >= 0.3 is 0 Å². The second-order valence-corrected chi connectivity index (χ2v) is 5.27. The summed E-state index contributed by atoms with van der Waals surface area (Å²) < 4.78 is 0. The first kappa shape index (κ1) is 16.7. The zero-order valence-corrected chi connectivity index (χ0v) is 12.7. The molecule has 6 nitrogen and oxygen atoms in total. The molecule has 0 fully saturated rings. The lowest BCUT2D eigenvalue weighted by Crippen LogP contribution is -2.27. The van der Waals surface area contributed by atoms with Crippen molar-refractivity contribution in [1.82, 2.24) is 5.32 Å². The van der Waals surface area contributed by atoms with Crippen LogP contribution in [0.25, 0.3) is 0 Å². The normalized spacial score (nSPS) is 10.1. The highest BCUT2D eigenvalue weighted by Crippen LogP contribution is 2.19. The Hall–Kier alpha value is -2.37. The molecule has 0 heterocycles. The third kappa shape index (κ3) is 6.07. The largest absolute Gasteiger partial charge is 0.352 e. The van der Waals surface area contributed by atoms with Gasteiger partial charge in [-0.25, -0.2) is 0 Å². The van der Waals surface area contributed by atoms with E-state index in [1.165, 1.54) is 13.8 Å². The molecule has 0 bridgehead atoms. The summed E-state index contributed by atoms with van der Waals surface area (Å²) in [5.74, 6) is -0.406. The number of carbonyl (C=O) groups is 3. The summed E-state index contributed by atoms with van der Waals surface area (Å²) in [5, 5.41) is 8.01. The molecule has 114 valence electrons. The van der Waals surface area contributed by atoms with Crippen LogP contribution in [0.3, 0.4) is 0 Å². The van der Waals surface area contributed by atoms with Crippen molar-refractivity contribution in [3.05, 3.63) is 23.8 Å². The molecular formula is C15H21N3O3. The van der Waals surface area contributed by atoms with E-state index in [1.54, 1.807) is 18.2 Å². The van der Waals surface area contributed by atoms with Crippen molar-refractivity contribution >= 4 is 29.1 Å². The van der Waals surface area contributed by atoms with Gasteiger partial charge in [0.1, 0.15) is 0 Å². The molecule has 1 aromatic carbocycles. The lowest BCUT2D eigenvalue weighted by atomic mass is 10.1. The fraction of sp³-hybridized carbons (Fsp3) is 0.400. The summed E-state index contributed by atoms with van der Waals surface area (Å²) in [6.07, 6.45) is 0. The number of anilines is 2. The molecule has 3 amide bonds. The number of nitrogens with one attached hydrogen (secondary N) is 3. The lowest BCUT2D eigenvalue weighted by molar-refractivity contribution is -0.115. The molecule has 0 aliphatic heterocycles. The van der Waals surface area contributed by atoms with E-state index < -0.39 is 0 Å². The van der Waals surface area contributed by atoms with Crippen molar-refractivity contribution in [2.75, 3.05) is 17.2 Å². The molecule has 1 rings (SSSR count). The van der Waals surface area contributed by atoms with Gasteiger partial charge in [-0.15, -0.1) is 0 Å². The van der Waals surface area contributed by atoms with Crippen molar-refractivity contribution in [2.24, 2.45) is 5.92 Å². The van der Waals surface area contributed by atoms with Crippen molar-refractivity contribution < 1.29 is 14.4 Å². The van der Waals surface area contributed by atoms with Crippen LogP contribution in [-0.2, 0) is 9.59 Å². The number of hydrogen-bond acceptors (Lipinski definition) is 3. The van der Waals surface area contributed by atoms with Crippen LogP contribution in [0.1, 0.15) is 38.1 Å². The molecule has 0 aliphatic rings. The van der Waals surface area contributed by atoms with Crippen molar-refractivity contribution in [3.63, 3.8) is 0 Å². The van der Waals surface area contributed by atoms with Crippen LogP contribution in [0, 0.1) is 5.92 Å². The Bertz CT molecular complexity index is 519. The van der Waals surface area contributed by atoms with E-state index in [-0.39, 0.29) is 17.7 Å². The molecule has 0 unspecified atom stereocenters. The zero-order valence-electron chi connectivity index (χ0n) is 12.7. The van der Waals surface area contributed by atoms with Crippen LogP contribution in [-0.4, -0.2) is 24.3 Å². The zero-order chi connectivity index (χ0) is 16.0. The Labute approximate surface area is 124 Å². The number of hydrogen-bond donors (Lipinski definition) is 3. The monoisotopic (exact) mass is 291 g/mol. The quantitative estimate of drug-likeness (QED) is 0.775. The van der Waals surface area contributed by atoms with E-state index in [4.69, 9.17) is 0 Å². The molecule has 3 N–H and O–H groups in total. The Morgan fingerprint density at radius 1 is 0.952 bits per heavy atom. The van der Waals surface area contributed by atoms with Gasteiger partial charge in [0.2, 0.25) is 11.8 Å². The summed E-state index contributed by atoms with van der Waals surface area (Å²) >= 11 is 0. The first-order chi connectivity index (χ1) is 9.77. The Morgan fingerprint density at radius 2 is 1.43 bits per heavy atom. The van der Waals surface area contributed by atoms with Crippen LogP contribution in [0.2, 0.25) is 0 Å². The van der Waals surface area contributed by atoms with E-state index in [1.807, 2.05) is 13.8 Å². The molecule has 21 heavy (non-hydrogen) atoms. The molecule has 0 aromatic heterocycles. The van der Waals surface area contributed by atoms with Crippen molar-refractivity contribution in [2.45, 2.75) is 27.7 Å². The second kappa shape index (κ2) is 7.42. The topological polar surface area (TPSA) is 87.3 Å². The Balaban J connectivity index is 3.02. The highest BCUT2D eigenvalue weighted by Gasteiger charge is 2.10. The van der Waals surface area contributed by atoms with E-state index in [0.29, 0.717) is 29.4 Å². The van der Waals surface area contributed by atoms with Gasteiger partial charge in [0.25, 0.3) is 5.91 Å².